The largest absolute Gasteiger partial charge is 0.493 e. The van der Waals surface area contributed by atoms with E-state index in [9.17, 15) is 9.18 Å². The summed E-state index contributed by atoms with van der Waals surface area (Å²) in [5, 5.41) is 11.6. The second-order valence-corrected chi connectivity index (χ2v) is 9.32. The molecule has 0 saturated carbocycles. The van der Waals surface area contributed by atoms with Crippen LogP contribution in [0.5, 0.6) is 11.5 Å². The third kappa shape index (κ3) is 6.47. The van der Waals surface area contributed by atoms with E-state index < -0.39 is 17.2 Å². The fourth-order valence-corrected chi connectivity index (χ4v) is 4.07. The number of ether oxygens (including phenoxy) is 2. The highest BCUT2D eigenvalue weighted by molar-refractivity contribution is 8.00. The molecular weight excluding hydrogens is 443 g/mol. The molecule has 1 N–H and O–H groups in total. The summed E-state index contributed by atoms with van der Waals surface area (Å²) in [6.07, 6.45) is -0.390. The van der Waals surface area contributed by atoms with Gasteiger partial charge in [0.05, 0.1) is 12.4 Å². The van der Waals surface area contributed by atoms with E-state index >= 15 is 0 Å². The van der Waals surface area contributed by atoms with Crippen LogP contribution in [0.4, 0.5) is 10.1 Å². The molecule has 3 aromatic rings. The molecule has 2 atom stereocenters. The van der Waals surface area contributed by atoms with Gasteiger partial charge in [0, 0.05) is 12.2 Å². The van der Waals surface area contributed by atoms with E-state index in [1.165, 1.54) is 23.9 Å². The highest BCUT2D eigenvalue weighted by Gasteiger charge is 2.24. The highest BCUT2D eigenvalue weighted by atomic mass is 32.2. The lowest BCUT2D eigenvalue weighted by molar-refractivity contribution is -0.115. The van der Waals surface area contributed by atoms with Crippen molar-refractivity contribution in [1.82, 2.24) is 14.8 Å². The van der Waals surface area contributed by atoms with Crippen LogP contribution in [0, 0.1) is 11.7 Å². The van der Waals surface area contributed by atoms with E-state index in [1.54, 1.807) is 26.2 Å². The Bertz CT molecular complexity index is 1090. The van der Waals surface area contributed by atoms with Crippen molar-refractivity contribution in [3.05, 3.63) is 60.2 Å². The summed E-state index contributed by atoms with van der Waals surface area (Å²) < 4.78 is 26.9. The Morgan fingerprint density at radius 1 is 1.09 bits per heavy atom. The maximum atomic E-state index is 13.4. The average Bonchev–Trinajstić information content (AvgIpc) is 3.15. The molecule has 1 amide bonds. The lowest BCUT2D eigenvalue weighted by Crippen LogP contribution is -2.23. The number of methoxy groups -OCH3 is 1. The predicted octanol–water partition coefficient (Wildman–Crippen LogP) is 5.34. The Kier molecular flexibility index (Phi) is 8.32. The first-order chi connectivity index (χ1) is 15.8. The van der Waals surface area contributed by atoms with E-state index in [2.05, 4.69) is 29.4 Å². The van der Waals surface area contributed by atoms with Crippen LogP contribution in [0.1, 0.15) is 39.6 Å². The summed E-state index contributed by atoms with van der Waals surface area (Å²) >= 11 is 1.30. The van der Waals surface area contributed by atoms with E-state index in [0.29, 0.717) is 40.6 Å². The van der Waals surface area contributed by atoms with Gasteiger partial charge in [0.2, 0.25) is 5.91 Å². The lowest BCUT2D eigenvalue weighted by Gasteiger charge is -2.19. The minimum Gasteiger partial charge on any atom is -0.493 e. The van der Waals surface area contributed by atoms with Crippen LogP contribution >= 0.6 is 11.8 Å². The third-order valence-corrected chi connectivity index (χ3v) is 5.85. The number of hydrogen-bond donors (Lipinski definition) is 1. The van der Waals surface area contributed by atoms with Crippen LogP contribution in [0.25, 0.3) is 0 Å². The van der Waals surface area contributed by atoms with Crippen molar-refractivity contribution in [2.24, 2.45) is 5.92 Å². The molecular formula is C24H29FN4O3S. The van der Waals surface area contributed by atoms with Gasteiger partial charge in [-0.2, -0.15) is 0 Å². The van der Waals surface area contributed by atoms with Crippen molar-refractivity contribution in [2.45, 2.75) is 50.8 Å². The molecule has 0 fully saturated rings. The number of hydrogen-bond acceptors (Lipinski definition) is 6. The summed E-state index contributed by atoms with van der Waals surface area (Å²) in [5.74, 6) is 1.59. The number of carbonyl (C=O) groups is 1. The van der Waals surface area contributed by atoms with E-state index in [0.717, 1.165) is 0 Å². The zero-order chi connectivity index (χ0) is 24.0. The predicted molar refractivity (Wildman–Crippen MR) is 127 cm³/mol. The normalized spacial score (nSPS) is 12.9. The van der Waals surface area contributed by atoms with E-state index in [4.69, 9.17) is 9.47 Å². The van der Waals surface area contributed by atoms with Crippen LogP contribution in [-0.4, -0.2) is 33.0 Å². The zero-order valence-electron chi connectivity index (χ0n) is 19.4. The molecule has 0 spiro atoms. The average molecular weight is 473 g/mol. The Morgan fingerprint density at radius 2 is 1.82 bits per heavy atom. The van der Waals surface area contributed by atoms with Crippen molar-refractivity contribution >= 4 is 23.4 Å². The van der Waals surface area contributed by atoms with Crippen LogP contribution < -0.4 is 14.8 Å². The number of rotatable bonds is 10. The highest BCUT2D eigenvalue weighted by Crippen LogP contribution is 2.32. The van der Waals surface area contributed by atoms with Crippen molar-refractivity contribution in [2.75, 3.05) is 12.4 Å². The molecule has 9 heteroatoms. The summed E-state index contributed by atoms with van der Waals surface area (Å²) in [4.78, 5) is 12.7. The molecule has 0 bridgehead atoms. The minimum atomic E-state index is -0.471. The first kappa shape index (κ1) is 24.6. The SMILES string of the molecule is COc1ccccc1OC(C)c1nnc(SC(C)C(=O)Nc2cccc(F)c2)n1CC(C)C. The Morgan fingerprint density at radius 3 is 2.48 bits per heavy atom. The second kappa shape index (κ2) is 11.2. The summed E-state index contributed by atoms with van der Waals surface area (Å²) in [7, 11) is 1.60. The van der Waals surface area contributed by atoms with Crippen LogP contribution in [0.3, 0.4) is 0 Å². The number of halogens is 1. The fraction of sp³-hybridized carbons (Fsp3) is 0.375. The number of aromatic nitrogens is 3. The van der Waals surface area contributed by atoms with Crippen molar-refractivity contribution < 1.29 is 18.7 Å². The Hall–Kier alpha value is -3.07. The monoisotopic (exact) mass is 472 g/mol. The summed E-state index contributed by atoms with van der Waals surface area (Å²) in [6, 6.07) is 13.2. The standard InChI is InChI=1S/C24H29FN4O3S/c1-15(2)14-29-22(16(3)32-21-12-7-6-11-20(21)31-5)27-28-24(29)33-17(4)23(30)26-19-10-8-9-18(25)13-19/h6-13,15-17H,14H2,1-5H3,(H,26,30). The van der Waals surface area contributed by atoms with Crippen LogP contribution in [0.2, 0.25) is 0 Å². The fourth-order valence-electron chi connectivity index (χ4n) is 3.21. The maximum absolute atomic E-state index is 13.4. The molecule has 1 heterocycles. The molecule has 0 aliphatic rings. The van der Waals surface area contributed by atoms with Gasteiger partial charge in [0.15, 0.2) is 28.6 Å². The van der Waals surface area contributed by atoms with Gasteiger partial charge in [-0.1, -0.05) is 43.8 Å². The van der Waals surface area contributed by atoms with E-state index in [1.807, 2.05) is 35.8 Å². The number of thioether (sulfide) groups is 1. The van der Waals surface area contributed by atoms with Crippen LogP contribution in [-0.2, 0) is 11.3 Å². The van der Waals surface area contributed by atoms with Gasteiger partial charge in [-0.25, -0.2) is 4.39 Å². The van der Waals surface area contributed by atoms with Gasteiger partial charge in [0.25, 0.3) is 0 Å². The first-order valence-corrected chi connectivity index (χ1v) is 11.6. The number of carbonyl (C=O) groups excluding carboxylic acids is 1. The molecule has 0 saturated heterocycles. The van der Waals surface area contributed by atoms with Crippen molar-refractivity contribution in [1.29, 1.82) is 0 Å². The smallest absolute Gasteiger partial charge is 0.237 e. The molecule has 33 heavy (non-hydrogen) atoms. The number of amides is 1. The summed E-state index contributed by atoms with van der Waals surface area (Å²) in [6.45, 7) is 8.56. The second-order valence-electron chi connectivity index (χ2n) is 8.02. The van der Waals surface area contributed by atoms with Crippen LogP contribution in [0.15, 0.2) is 53.7 Å². The van der Waals surface area contributed by atoms with Gasteiger partial charge in [-0.05, 0) is 50.1 Å². The number of para-hydroxylation sites is 2. The van der Waals surface area contributed by atoms with Crippen molar-refractivity contribution in [3.63, 3.8) is 0 Å². The first-order valence-electron chi connectivity index (χ1n) is 10.7. The molecule has 176 valence electrons. The molecule has 3 rings (SSSR count). The molecule has 1 aromatic heterocycles. The third-order valence-electron chi connectivity index (χ3n) is 4.77. The van der Waals surface area contributed by atoms with E-state index in [-0.39, 0.29) is 5.91 Å². The number of nitrogens with zero attached hydrogens (tertiary/aromatic N) is 3. The van der Waals surface area contributed by atoms with Gasteiger partial charge in [0.1, 0.15) is 5.82 Å². The Balaban J connectivity index is 1.77. The number of nitrogens with one attached hydrogen (secondary N) is 1. The van der Waals surface area contributed by atoms with Crippen molar-refractivity contribution in [3.8, 4) is 11.5 Å². The van der Waals surface area contributed by atoms with Gasteiger partial charge >= 0.3 is 0 Å². The summed E-state index contributed by atoms with van der Waals surface area (Å²) in [5.41, 5.74) is 0.413. The number of anilines is 1. The minimum absolute atomic E-state index is 0.246. The molecule has 7 nitrogen and oxygen atoms in total. The molecule has 2 aromatic carbocycles. The molecule has 0 aliphatic carbocycles. The van der Waals surface area contributed by atoms with Gasteiger partial charge in [-0.15, -0.1) is 10.2 Å². The quantitative estimate of drug-likeness (QED) is 0.401. The topological polar surface area (TPSA) is 78.3 Å². The van der Waals surface area contributed by atoms with Gasteiger partial charge in [-0.3, -0.25) is 4.79 Å². The zero-order valence-corrected chi connectivity index (χ0v) is 20.2. The van der Waals surface area contributed by atoms with Gasteiger partial charge < -0.3 is 19.4 Å². The molecule has 0 radical (unpaired) electrons. The maximum Gasteiger partial charge on any atom is 0.237 e. The number of benzene rings is 2. The Labute approximate surface area is 197 Å². The lowest BCUT2D eigenvalue weighted by atomic mass is 10.2. The molecule has 2 unspecified atom stereocenters. The molecule has 0 aliphatic heterocycles.